The van der Waals surface area contributed by atoms with Crippen molar-refractivity contribution in [1.82, 2.24) is 15.2 Å². The molecule has 0 aromatic carbocycles. The van der Waals surface area contributed by atoms with Gasteiger partial charge in [-0.1, -0.05) is 0 Å². The van der Waals surface area contributed by atoms with Gasteiger partial charge in [-0.05, 0) is 0 Å². The lowest BCUT2D eigenvalue weighted by molar-refractivity contribution is 0.0691. The number of aromatic amines is 1. The molecule has 0 saturated carbocycles. The maximum Gasteiger partial charge on any atom is 0.356 e. The highest BCUT2D eigenvalue weighted by Gasteiger charge is 2.28. The van der Waals surface area contributed by atoms with E-state index < -0.39 is 5.97 Å². The molecule has 0 radical (unpaired) electrons. The number of nitrogens with zero attached hydrogens (tertiary/aromatic N) is 2. The van der Waals surface area contributed by atoms with Gasteiger partial charge in [0.2, 0.25) is 0 Å². The number of aryl methyl sites for hydroxylation is 1. The van der Waals surface area contributed by atoms with E-state index in [0.29, 0.717) is 35.3 Å². The van der Waals surface area contributed by atoms with E-state index in [1.165, 1.54) is 0 Å². The third-order valence-electron chi connectivity index (χ3n) is 2.43. The first kappa shape index (κ1) is 8.96. The first-order valence-electron chi connectivity index (χ1n) is 4.69. The topological polar surface area (TPSA) is 104 Å². The number of nitrogens with one attached hydrogen (secondary N) is 2. The van der Waals surface area contributed by atoms with Crippen LogP contribution < -0.4 is 5.32 Å². The number of H-pyrrole nitrogens is 1. The Bertz CT molecular complexity index is 584. The van der Waals surface area contributed by atoms with Gasteiger partial charge in [0, 0.05) is 6.92 Å². The molecule has 7 heteroatoms. The average molecular weight is 220 g/mol. The fourth-order valence-corrected chi connectivity index (χ4v) is 1.78. The molecule has 2 aromatic rings. The number of hydrogen-bond donors (Lipinski definition) is 3. The van der Waals surface area contributed by atoms with E-state index in [1.54, 1.807) is 6.92 Å². The molecule has 2 aromatic heterocycles. The van der Waals surface area contributed by atoms with Crippen LogP contribution in [0.4, 0.5) is 5.69 Å². The van der Waals surface area contributed by atoms with Crippen LogP contribution in [-0.2, 0) is 6.54 Å². The minimum absolute atomic E-state index is 0.0429. The summed E-state index contributed by atoms with van der Waals surface area (Å²) in [6.07, 6.45) is 0. The van der Waals surface area contributed by atoms with Crippen LogP contribution in [0, 0.1) is 6.92 Å². The number of carboxylic acids is 1. The Hall–Kier alpha value is -2.31. The van der Waals surface area contributed by atoms with E-state index in [1.807, 2.05) is 0 Å². The second-order valence-corrected chi connectivity index (χ2v) is 3.49. The van der Waals surface area contributed by atoms with Crippen LogP contribution >= 0.6 is 0 Å². The molecule has 0 spiro atoms. The Morgan fingerprint density at radius 3 is 3.06 bits per heavy atom. The lowest BCUT2D eigenvalue weighted by Gasteiger charge is -2.10. The zero-order valence-electron chi connectivity index (χ0n) is 8.37. The highest BCUT2D eigenvalue weighted by molar-refractivity contribution is 5.97. The number of anilines is 1. The fourth-order valence-electron chi connectivity index (χ4n) is 1.78. The maximum atomic E-state index is 10.9. The molecular weight excluding hydrogens is 212 g/mol. The Morgan fingerprint density at radius 2 is 2.31 bits per heavy atom. The van der Waals surface area contributed by atoms with E-state index in [4.69, 9.17) is 9.52 Å². The molecule has 16 heavy (non-hydrogen) atoms. The minimum atomic E-state index is -1.05. The molecule has 0 aliphatic carbocycles. The van der Waals surface area contributed by atoms with Crippen LogP contribution in [0.25, 0.3) is 11.4 Å². The molecule has 1 aliphatic heterocycles. The van der Waals surface area contributed by atoms with Gasteiger partial charge in [-0.15, -0.1) is 0 Å². The summed E-state index contributed by atoms with van der Waals surface area (Å²) >= 11 is 0. The summed E-state index contributed by atoms with van der Waals surface area (Å²) in [6.45, 7) is 2.16. The van der Waals surface area contributed by atoms with Gasteiger partial charge in [0.05, 0.1) is 12.2 Å². The molecule has 1 aliphatic rings. The van der Waals surface area contributed by atoms with Crippen molar-refractivity contribution in [2.45, 2.75) is 13.5 Å². The van der Waals surface area contributed by atoms with Gasteiger partial charge in [0.25, 0.3) is 0 Å². The predicted molar refractivity (Wildman–Crippen MR) is 53.1 cm³/mol. The van der Waals surface area contributed by atoms with Crippen LogP contribution in [-0.4, -0.2) is 26.3 Å². The van der Waals surface area contributed by atoms with Crippen molar-refractivity contribution in [3.63, 3.8) is 0 Å². The van der Waals surface area contributed by atoms with Crippen LogP contribution in [0.2, 0.25) is 0 Å². The van der Waals surface area contributed by atoms with Crippen LogP contribution in [0.3, 0.4) is 0 Å². The first-order valence-corrected chi connectivity index (χ1v) is 4.69. The first-order chi connectivity index (χ1) is 7.66. The van der Waals surface area contributed by atoms with Crippen LogP contribution in [0.15, 0.2) is 4.42 Å². The number of fused-ring (bicyclic) bond motifs is 3. The van der Waals surface area contributed by atoms with Crippen molar-refractivity contribution in [3.8, 4) is 11.4 Å². The highest BCUT2D eigenvalue weighted by atomic mass is 16.4. The summed E-state index contributed by atoms with van der Waals surface area (Å²) in [6, 6.07) is 0. The summed E-state index contributed by atoms with van der Waals surface area (Å²) in [5.74, 6) is 0.165. The second-order valence-electron chi connectivity index (χ2n) is 3.49. The molecular formula is C9H8N4O3. The number of carbonyl (C=O) groups is 1. The largest absolute Gasteiger partial charge is 0.476 e. The zero-order valence-corrected chi connectivity index (χ0v) is 8.37. The zero-order chi connectivity index (χ0) is 11.3. The molecule has 0 amide bonds. The Balaban J connectivity index is 2.22. The number of aromatic carboxylic acids is 1. The Kier molecular flexibility index (Phi) is 1.59. The van der Waals surface area contributed by atoms with E-state index >= 15 is 0 Å². The van der Waals surface area contributed by atoms with Crippen molar-refractivity contribution >= 4 is 11.7 Å². The smallest absolute Gasteiger partial charge is 0.356 e. The monoisotopic (exact) mass is 220 g/mol. The number of hydrogen-bond acceptors (Lipinski definition) is 5. The SMILES string of the molecule is Cc1nc2c(o1)CNc1c-2n[nH]c1C(=O)O. The lowest BCUT2D eigenvalue weighted by Crippen LogP contribution is -2.09. The Labute approximate surface area is 89.5 Å². The van der Waals surface area contributed by atoms with Crippen LogP contribution in [0.1, 0.15) is 22.1 Å². The van der Waals surface area contributed by atoms with Crippen molar-refractivity contribution in [3.05, 3.63) is 17.3 Å². The predicted octanol–water partition coefficient (Wildman–Crippen LogP) is 0.997. The van der Waals surface area contributed by atoms with Crippen molar-refractivity contribution in [2.24, 2.45) is 0 Å². The quantitative estimate of drug-likeness (QED) is 0.662. The summed E-state index contributed by atoms with van der Waals surface area (Å²) in [4.78, 5) is 15.1. The lowest BCUT2D eigenvalue weighted by atomic mass is 10.1. The van der Waals surface area contributed by atoms with Gasteiger partial charge >= 0.3 is 5.97 Å². The van der Waals surface area contributed by atoms with Crippen molar-refractivity contribution in [1.29, 1.82) is 0 Å². The second kappa shape index (κ2) is 2.84. The summed E-state index contributed by atoms with van der Waals surface area (Å²) in [7, 11) is 0. The van der Waals surface area contributed by atoms with Gasteiger partial charge in [-0.25, -0.2) is 9.78 Å². The van der Waals surface area contributed by atoms with E-state index in [-0.39, 0.29) is 5.69 Å². The third-order valence-corrected chi connectivity index (χ3v) is 2.43. The normalized spacial score (nSPS) is 12.8. The standard InChI is InChI=1S/C9H8N4O3/c1-3-11-5-4(16-3)2-10-6-7(5)12-13-8(6)9(14)15/h10H,2H2,1H3,(H,12,13)(H,14,15). The van der Waals surface area contributed by atoms with E-state index in [0.717, 1.165) is 0 Å². The number of oxazole rings is 1. The molecule has 3 rings (SSSR count). The molecule has 0 saturated heterocycles. The highest BCUT2D eigenvalue weighted by Crippen LogP contribution is 2.35. The number of carboxylic acid groups (broad SMARTS) is 1. The van der Waals surface area contributed by atoms with Crippen molar-refractivity contribution < 1.29 is 14.3 Å². The molecule has 82 valence electrons. The molecule has 0 unspecified atom stereocenters. The van der Waals surface area contributed by atoms with Gasteiger partial charge in [-0.3, -0.25) is 5.10 Å². The average Bonchev–Trinajstić information content (AvgIpc) is 2.77. The number of aromatic nitrogens is 3. The molecule has 0 atom stereocenters. The van der Waals surface area contributed by atoms with E-state index in [9.17, 15) is 4.79 Å². The minimum Gasteiger partial charge on any atom is -0.476 e. The van der Waals surface area contributed by atoms with Gasteiger partial charge in [0.1, 0.15) is 11.4 Å². The summed E-state index contributed by atoms with van der Waals surface area (Å²) in [5.41, 5.74) is 1.61. The number of rotatable bonds is 1. The van der Waals surface area contributed by atoms with Gasteiger partial charge < -0.3 is 14.8 Å². The maximum absolute atomic E-state index is 10.9. The molecule has 0 bridgehead atoms. The van der Waals surface area contributed by atoms with Gasteiger partial charge in [-0.2, -0.15) is 5.10 Å². The van der Waals surface area contributed by atoms with Crippen molar-refractivity contribution in [2.75, 3.05) is 5.32 Å². The van der Waals surface area contributed by atoms with E-state index in [2.05, 4.69) is 20.5 Å². The molecule has 7 nitrogen and oxygen atoms in total. The summed E-state index contributed by atoms with van der Waals surface area (Å²) in [5, 5.41) is 18.3. The fraction of sp³-hybridized carbons (Fsp3) is 0.222. The molecule has 3 N–H and O–H groups in total. The molecule has 0 fully saturated rings. The van der Waals surface area contributed by atoms with Gasteiger partial charge in [0.15, 0.2) is 17.3 Å². The molecule has 3 heterocycles. The summed E-state index contributed by atoms with van der Waals surface area (Å²) < 4.78 is 5.36. The third kappa shape index (κ3) is 1.05. The van der Waals surface area contributed by atoms with Crippen LogP contribution in [0.5, 0.6) is 0 Å². The Morgan fingerprint density at radius 1 is 1.50 bits per heavy atom.